The molecule has 0 saturated carbocycles. The molecule has 1 aromatic heterocycles. The van der Waals surface area contributed by atoms with Crippen LogP contribution < -0.4 is 4.74 Å². The van der Waals surface area contributed by atoms with E-state index >= 15 is 0 Å². The molecule has 0 radical (unpaired) electrons. The van der Waals surface area contributed by atoms with Crippen LogP contribution in [0.25, 0.3) is 5.76 Å². The van der Waals surface area contributed by atoms with E-state index in [0.717, 1.165) is 11.1 Å². The number of ketones is 1. The third-order valence-electron chi connectivity index (χ3n) is 5.45. The first kappa shape index (κ1) is 22.3. The molecular weight excluding hydrogens is 416 g/mol. The molecule has 1 N–H and O–H groups in total. The molecule has 1 saturated heterocycles. The Balaban J connectivity index is 1.78. The van der Waals surface area contributed by atoms with Gasteiger partial charge in [-0.2, -0.15) is 0 Å². The molecule has 2 heterocycles. The highest BCUT2D eigenvalue weighted by Gasteiger charge is 2.46. The van der Waals surface area contributed by atoms with Gasteiger partial charge < -0.3 is 14.7 Å². The minimum absolute atomic E-state index is 0.0706. The SMILES string of the molecule is CC(C)COc1cccc(/C(O)=C2/C(=O)C(=O)N(Cc3ccncc3)C2c2ccccc2)c1. The van der Waals surface area contributed by atoms with Gasteiger partial charge in [0.15, 0.2) is 0 Å². The topological polar surface area (TPSA) is 79.7 Å². The van der Waals surface area contributed by atoms with Gasteiger partial charge in [0.25, 0.3) is 11.7 Å². The van der Waals surface area contributed by atoms with E-state index in [0.29, 0.717) is 23.8 Å². The second kappa shape index (κ2) is 9.69. The quantitative estimate of drug-likeness (QED) is 0.325. The number of hydrogen-bond acceptors (Lipinski definition) is 5. The van der Waals surface area contributed by atoms with E-state index in [4.69, 9.17) is 4.74 Å². The van der Waals surface area contributed by atoms with E-state index in [1.807, 2.05) is 44.2 Å². The molecule has 0 bridgehead atoms. The summed E-state index contributed by atoms with van der Waals surface area (Å²) in [5, 5.41) is 11.2. The third-order valence-corrected chi connectivity index (χ3v) is 5.45. The summed E-state index contributed by atoms with van der Waals surface area (Å²) in [4.78, 5) is 31.7. The van der Waals surface area contributed by atoms with Gasteiger partial charge in [-0.3, -0.25) is 14.6 Å². The van der Waals surface area contributed by atoms with Crippen molar-refractivity contribution >= 4 is 17.4 Å². The summed E-state index contributed by atoms with van der Waals surface area (Å²) in [6.45, 7) is 4.85. The summed E-state index contributed by atoms with van der Waals surface area (Å²) in [5.74, 6) is -0.623. The minimum atomic E-state index is -0.709. The maximum Gasteiger partial charge on any atom is 0.295 e. The number of pyridine rings is 1. The van der Waals surface area contributed by atoms with Crippen LogP contribution in [0.3, 0.4) is 0 Å². The van der Waals surface area contributed by atoms with E-state index in [9.17, 15) is 14.7 Å². The zero-order valence-corrected chi connectivity index (χ0v) is 18.6. The normalized spacial score (nSPS) is 17.5. The number of benzene rings is 2. The van der Waals surface area contributed by atoms with Crippen molar-refractivity contribution in [3.8, 4) is 5.75 Å². The van der Waals surface area contributed by atoms with Gasteiger partial charge in [0.2, 0.25) is 0 Å². The Morgan fingerprint density at radius 3 is 2.45 bits per heavy atom. The number of likely N-dealkylation sites (tertiary alicyclic amines) is 1. The second-order valence-electron chi connectivity index (χ2n) is 8.43. The lowest BCUT2D eigenvalue weighted by molar-refractivity contribution is -0.140. The number of carbonyl (C=O) groups excluding carboxylic acids is 2. The van der Waals surface area contributed by atoms with Crippen molar-refractivity contribution in [1.29, 1.82) is 0 Å². The van der Waals surface area contributed by atoms with Gasteiger partial charge in [0, 0.05) is 24.5 Å². The smallest absolute Gasteiger partial charge is 0.295 e. The number of Topliss-reactive ketones (excluding diaryl/α,β-unsaturated/α-hetero) is 1. The monoisotopic (exact) mass is 442 g/mol. The van der Waals surface area contributed by atoms with Crippen LogP contribution in [0.2, 0.25) is 0 Å². The average molecular weight is 443 g/mol. The Bertz CT molecular complexity index is 1170. The lowest BCUT2D eigenvalue weighted by Crippen LogP contribution is -2.29. The Labute approximate surface area is 193 Å². The standard InChI is InChI=1S/C27H26N2O4/c1-18(2)17-33-22-10-6-9-21(15-22)25(30)23-24(20-7-4-3-5-8-20)29(27(32)26(23)31)16-19-11-13-28-14-12-19/h3-15,18,24,30H,16-17H2,1-2H3/b25-23-. The lowest BCUT2D eigenvalue weighted by Gasteiger charge is -2.25. The molecule has 2 aromatic carbocycles. The Morgan fingerprint density at radius 2 is 1.76 bits per heavy atom. The summed E-state index contributed by atoms with van der Waals surface area (Å²) in [6.07, 6.45) is 3.29. The number of ether oxygens (including phenoxy) is 1. The maximum atomic E-state index is 13.2. The minimum Gasteiger partial charge on any atom is -0.507 e. The van der Waals surface area contributed by atoms with E-state index < -0.39 is 17.7 Å². The first-order valence-corrected chi connectivity index (χ1v) is 10.9. The number of rotatable bonds is 7. The summed E-state index contributed by atoms with van der Waals surface area (Å²) in [6, 6.07) is 19.1. The zero-order chi connectivity index (χ0) is 23.4. The van der Waals surface area contributed by atoms with Crippen molar-refractivity contribution in [2.24, 2.45) is 5.92 Å². The molecule has 3 aromatic rings. The van der Waals surface area contributed by atoms with Crippen molar-refractivity contribution < 1.29 is 19.4 Å². The molecule has 0 spiro atoms. The Morgan fingerprint density at radius 1 is 1.03 bits per heavy atom. The third kappa shape index (κ3) is 4.80. The Hall–Kier alpha value is -3.93. The number of aliphatic hydroxyl groups is 1. The van der Waals surface area contributed by atoms with Gasteiger partial charge >= 0.3 is 0 Å². The van der Waals surface area contributed by atoms with Gasteiger partial charge in [0.05, 0.1) is 18.2 Å². The molecule has 4 rings (SSSR count). The first-order valence-electron chi connectivity index (χ1n) is 10.9. The van der Waals surface area contributed by atoms with Crippen LogP contribution in [0.5, 0.6) is 5.75 Å². The van der Waals surface area contributed by atoms with Crippen LogP contribution in [0.1, 0.15) is 36.6 Å². The number of nitrogens with zero attached hydrogens (tertiary/aromatic N) is 2. The number of aromatic nitrogens is 1. The van der Waals surface area contributed by atoms with E-state index in [2.05, 4.69) is 4.98 Å². The number of amides is 1. The number of aliphatic hydroxyl groups excluding tert-OH is 1. The molecule has 1 aliphatic heterocycles. The van der Waals surface area contributed by atoms with Crippen molar-refractivity contribution in [2.75, 3.05) is 6.61 Å². The highest BCUT2D eigenvalue weighted by atomic mass is 16.5. The summed E-state index contributed by atoms with van der Waals surface area (Å²) in [5.41, 5.74) is 2.09. The fourth-order valence-corrected chi connectivity index (χ4v) is 3.86. The maximum absolute atomic E-state index is 13.2. The number of hydrogen-bond donors (Lipinski definition) is 1. The molecule has 1 atom stereocenters. The lowest BCUT2D eigenvalue weighted by atomic mass is 9.95. The molecule has 1 amide bonds. The zero-order valence-electron chi connectivity index (χ0n) is 18.6. The van der Waals surface area contributed by atoms with Gasteiger partial charge in [-0.05, 0) is 41.3 Å². The highest BCUT2D eigenvalue weighted by Crippen LogP contribution is 2.40. The van der Waals surface area contributed by atoms with E-state index in [1.165, 1.54) is 4.90 Å². The highest BCUT2D eigenvalue weighted by molar-refractivity contribution is 6.46. The summed E-state index contributed by atoms with van der Waals surface area (Å²) in [7, 11) is 0. The second-order valence-corrected chi connectivity index (χ2v) is 8.43. The van der Waals surface area contributed by atoms with Crippen molar-refractivity contribution in [1.82, 2.24) is 9.88 Å². The van der Waals surface area contributed by atoms with Crippen LogP contribution in [-0.4, -0.2) is 33.3 Å². The van der Waals surface area contributed by atoms with Crippen LogP contribution >= 0.6 is 0 Å². The van der Waals surface area contributed by atoms with Crippen molar-refractivity contribution in [2.45, 2.75) is 26.4 Å². The fraction of sp³-hybridized carbons (Fsp3) is 0.222. The summed E-state index contributed by atoms with van der Waals surface area (Å²) >= 11 is 0. The van der Waals surface area contributed by atoms with Crippen LogP contribution in [0.4, 0.5) is 0 Å². The molecule has 1 aliphatic rings. The van der Waals surface area contributed by atoms with Gasteiger partial charge in [-0.15, -0.1) is 0 Å². The molecule has 6 heteroatoms. The molecule has 1 unspecified atom stereocenters. The van der Waals surface area contributed by atoms with E-state index in [1.54, 1.807) is 48.8 Å². The molecule has 6 nitrogen and oxygen atoms in total. The first-order chi connectivity index (χ1) is 16.0. The van der Waals surface area contributed by atoms with Gasteiger partial charge in [-0.25, -0.2) is 0 Å². The Kier molecular flexibility index (Phi) is 6.54. The van der Waals surface area contributed by atoms with Gasteiger partial charge in [0.1, 0.15) is 11.5 Å². The van der Waals surface area contributed by atoms with E-state index in [-0.39, 0.29) is 17.9 Å². The van der Waals surface area contributed by atoms with Crippen LogP contribution in [-0.2, 0) is 16.1 Å². The molecule has 1 fully saturated rings. The fourth-order valence-electron chi connectivity index (χ4n) is 3.86. The molecule has 33 heavy (non-hydrogen) atoms. The number of carbonyl (C=O) groups is 2. The predicted molar refractivity (Wildman–Crippen MR) is 125 cm³/mol. The van der Waals surface area contributed by atoms with Crippen LogP contribution in [0.15, 0.2) is 84.7 Å². The molecular formula is C27H26N2O4. The average Bonchev–Trinajstić information content (AvgIpc) is 3.08. The van der Waals surface area contributed by atoms with Gasteiger partial charge in [-0.1, -0.05) is 56.3 Å². The van der Waals surface area contributed by atoms with Crippen molar-refractivity contribution in [3.63, 3.8) is 0 Å². The van der Waals surface area contributed by atoms with Crippen LogP contribution in [0, 0.1) is 5.92 Å². The largest absolute Gasteiger partial charge is 0.507 e. The molecule has 0 aliphatic carbocycles. The predicted octanol–water partition coefficient (Wildman–Crippen LogP) is 4.74. The van der Waals surface area contributed by atoms with Crippen molar-refractivity contribution in [3.05, 3.63) is 101 Å². The molecule has 168 valence electrons. The summed E-state index contributed by atoms with van der Waals surface area (Å²) < 4.78 is 5.78.